The van der Waals surface area contributed by atoms with Crippen LogP contribution in [0.5, 0.6) is 0 Å². The van der Waals surface area contributed by atoms with E-state index in [1.165, 1.54) is 16.8 Å². The molecule has 1 aliphatic heterocycles. The molecule has 5 heteroatoms. The van der Waals surface area contributed by atoms with Gasteiger partial charge in [0, 0.05) is 11.4 Å². The average Bonchev–Trinajstić information content (AvgIpc) is 3.00. The summed E-state index contributed by atoms with van der Waals surface area (Å²) in [5, 5.41) is 5.35. The van der Waals surface area contributed by atoms with Gasteiger partial charge in [0.15, 0.2) is 0 Å². The van der Waals surface area contributed by atoms with Gasteiger partial charge in [-0.05, 0) is 54.2 Å². The van der Waals surface area contributed by atoms with Gasteiger partial charge in [0.2, 0.25) is 10.0 Å². The molecule has 4 rings (SSSR count). The van der Waals surface area contributed by atoms with Crippen molar-refractivity contribution >= 4 is 15.7 Å². The van der Waals surface area contributed by atoms with Crippen LogP contribution in [0.3, 0.4) is 0 Å². The molecule has 2 aromatic rings. The molecule has 2 aromatic carbocycles. The number of rotatable bonds is 3. The van der Waals surface area contributed by atoms with Gasteiger partial charge in [-0.1, -0.05) is 49.4 Å². The molecule has 2 N–H and O–H groups in total. The number of primary sulfonamides is 1. The van der Waals surface area contributed by atoms with Gasteiger partial charge >= 0.3 is 0 Å². The summed E-state index contributed by atoms with van der Waals surface area (Å²) < 4.78 is 23.6. The van der Waals surface area contributed by atoms with Gasteiger partial charge in [0.1, 0.15) is 0 Å². The van der Waals surface area contributed by atoms with Crippen LogP contribution in [0.2, 0.25) is 0 Å². The minimum absolute atomic E-state index is 0.143. The first-order chi connectivity index (χ1) is 12.4. The molecule has 2 atom stereocenters. The zero-order valence-electron chi connectivity index (χ0n) is 14.7. The second kappa shape index (κ2) is 6.41. The minimum Gasteiger partial charge on any atom is -0.334 e. The van der Waals surface area contributed by atoms with Crippen LogP contribution in [0, 0.1) is 5.92 Å². The molecule has 0 saturated heterocycles. The lowest BCUT2D eigenvalue weighted by molar-refractivity contribution is 0.597. The number of allylic oxidation sites excluding steroid dienone is 2. The minimum atomic E-state index is -3.74. The lowest BCUT2D eigenvalue weighted by atomic mass is 9.92. The molecule has 0 radical (unpaired) electrons. The van der Waals surface area contributed by atoms with Crippen LogP contribution >= 0.6 is 0 Å². The Balaban J connectivity index is 1.83. The molecule has 0 saturated carbocycles. The highest BCUT2D eigenvalue weighted by Gasteiger charge is 2.34. The van der Waals surface area contributed by atoms with Gasteiger partial charge in [0.25, 0.3) is 0 Å². The first-order valence-electron chi connectivity index (χ1n) is 8.81. The molecule has 0 spiro atoms. The summed E-state index contributed by atoms with van der Waals surface area (Å²) in [6.07, 6.45) is 6.40. The van der Waals surface area contributed by atoms with E-state index < -0.39 is 10.0 Å². The van der Waals surface area contributed by atoms with Crippen LogP contribution in [0.15, 0.2) is 82.9 Å². The average molecular weight is 366 g/mol. The van der Waals surface area contributed by atoms with E-state index in [2.05, 4.69) is 36.1 Å². The third-order valence-corrected chi connectivity index (χ3v) is 6.04. The zero-order chi connectivity index (χ0) is 18.3. The third kappa shape index (κ3) is 3.08. The van der Waals surface area contributed by atoms with Crippen molar-refractivity contribution in [2.75, 3.05) is 4.90 Å². The van der Waals surface area contributed by atoms with E-state index in [1.807, 2.05) is 24.3 Å². The number of sulfonamides is 1. The van der Waals surface area contributed by atoms with E-state index in [0.29, 0.717) is 5.92 Å². The Kier molecular flexibility index (Phi) is 4.21. The van der Waals surface area contributed by atoms with Gasteiger partial charge in [-0.3, -0.25) is 0 Å². The SMILES string of the molecule is CC1C=CC2=C(C1)CC(c1ccccc1)N2c1cccc(S(N)(=O)=O)c1. The van der Waals surface area contributed by atoms with Gasteiger partial charge in [0.05, 0.1) is 10.9 Å². The van der Waals surface area contributed by atoms with Crippen molar-refractivity contribution in [3.8, 4) is 0 Å². The number of hydrogen-bond donors (Lipinski definition) is 1. The van der Waals surface area contributed by atoms with Crippen molar-refractivity contribution in [2.24, 2.45) is 11.1 Å². The Morgan fingerprint density at radius 3 is 2.54 bits per heavy atom. The van der Waals surface area contributed by atoms with Crippen LogP contribution in [-0.4, -0.2) is 8.42 Å². The quantitative estimate of drug-likeness (QED) is 0.888. The maximum atomic E-state index is 11.8. The molecule has 4 nitrogen and oxygen atoms in total. The molecule has 2 aliphatic rings. The molecule has 1 aliphatic carbocycles. The normalized spacial score (nSPS) is 22.6. The van der Waals surface area contributed by atoms with Crippen LogP contribution in [0.4, 0.5) is 5.69 Å². The van der Waals surface area contributed by atoms with Crippen molar-refractivity contribution in [3.63, 3.8) is 0 Å². The van der Waals surface area contributed by atoms with E-state index in [1.54, 1.807) is 18.2 Å². The molecule has 0 fully saturated rings. The maximum Gasteiger partial charge on any atom is 0.238 e. The van der Waals surface area contributed by atoms with Crippen LogP contribution in [0.1, 0.15) is 31.4 Å². The molecule has 1 heterocycles. The van der Waals surface area contributed by atoms with Crippen LogP contribution in [-0.2, 0) is 10.0 Å². The van der Waals surface area contributed by atoms with Crippen molar-refractivity contribution in [1.82, 2.24) is 0 Å². The Bertz CT molecular complexity index is 994. The zero-order valence-corrected chi connectivity index (χ0v) is 15.5. The van der Waals surface area contributed by atoms with Gasteiger partial charge in [-0.2, -0.15) is 0 Å². The molecule has 134 valence electrons. The summed E-state index contributed by atoms with van der Waals surface area (Å²) >= 11 is 0. The van der Waals surface area contributed by atoms with Gasteiger partial charge in [-0.15, -0.1) is 0 Å². The first kappa shape index (κ1) is 17.1. The summed E-state index contributed by atoms with van der Waals surface area (Å²) in [5.41, 5.74) is 4.69. The summed E-state index contributed by atoms with van der Waals surface area (Å²) in [4.78, 5) is 2.39. The van der Waals surface area contributed by atoms with Crippen molar-refractivity contribution < 1.29 is 8.42 Å². The Morgan fingerprint density at radius 1 is 1.04 bits per heavy atom. The molecule has 0 amide bonds. The number of nitrogens with two attached hydrogens (primary N) is 1. The summed E-state index contributed by atoms with van der Waals surface area (Å²) in [6.45, 7) is 2.22. The van der Waals surface area contributed by atoms with Crippen molar-refractivity contribution in [3.05, 3.63) is 83.6 Å². The first-order valence-corrected chi connectivity index (χ1v) is 10.4. The summed E-state index contributed by atoms with van der Waals surface area (Å²) in [7, 11) is -3.74. The molecule has 26 heavy (non-hydrogen) atoms. The number of benzene rings is 2. The number of nitrogens with zero attached hydrogens (tertiary/aromatic N) is 1. The van der Waals surface area contributed by atoms with Crippen LogP contribution < -0.4 is 10.0 Å². The molecule has 0 bridgehead atoms. The standard InChI is InChI=1S/C21H22N2O2S/c1-15-10-11-20-17(12-15)13-21(16-6-3-2-4-7-16)23(20)18-8-5-9-19(14-18)26(22,24)25/h2-11,14-15,21H,12-13H2,1H3,(H2,22,24,25). The predicted molar refractivity (Wildman–Crippen MR) is 104 cm³/mol. The monoisotopic (exact) mass is 366 g/mol. The topological polar surface area (TPSA) is 63.4 Å². The Hall–Kier alpha value is -2.37. The molecular formula is C21H22N2O2S. The molecule has 2 unspecified atom stereocenters. The van der Waals surface area contributed by atoms with Crippen LogP contribution in [0.25, 0.3) is 0 Å². The van der Waals surface area contributed by atoms with Crippen molar-refractivity contribution in [1.29, 1.82) is 0 Å². The van der Waals surface area contributed by atoms with Gasteiger partial charge in [-0.25, -0.2) is 13.6 Å². The highest BCUT2D eigenvalue weighted by atomic mass is 32.2. The highest BCUT2D eigenvalue weighted by molar-refractivity contribution is 7.89. The second-order valence-corrected chi connectivity index (χ2v) is 8.63. The lowest BCUT2D eigenvalue weighted by Gasteiger charge is -2.30. The Labute approximate surface area is 154 Å². The predicted octanol–water partition coefficient (Wildman–Crippen LogP) is 4.14. The smallest absolute Gasteiger partial charge is 0.238 e. The highest BCUT2D eigenvalue weighted by Crippen LogP contribution is 2.46. The van der Waals surface area contributed by atoms with Gasteiger partial charge < -0.3 is 4.90 Å². The second-order valence-electron chi connectivity index (χ2n) is 7.07. The summed E-state index contributed by atoms with van der Waals surface area (Å²) in [5.74, 6) is 0.529. The van der Waals surface area contributed by atoms with E-state index in [0.717, 1.165) is 18.5 Å². The molecule has 0 aromatic heterocycles. The van der Waals surface area contributed by atoms with Crippen molar-refractivity contribution in [2.45, 2.75) is 30.7 Å². The number of hydrogen-bond acceptors (Lipinski definition) is 3. The van der Waals surface area contributed by atoms with E-state index in [4.69, 9.17) is 5.14 Å². The van der Waals surface area contributed by atoms with E-state index >= 15 is 0 Å². The fraction of sp³-hybridized carbons (Fsp3) is 0.238. The molecular weight excluding hydrogens is 344 g/mol. The summed E-state index contributed by atoms with van der Waals surface area (Å²) in [6, 6.07) is 17.4. The lowest BCUT2D eigenvalue weighted by Crippen LogP contribution is -2.23. The van der Waals surface area contributed by atoms with E-state index in [-0.39, 0.29) is 10.9 Å². The van der Waals surface area contributed by atoms with E-state index in [9.17, 15) is 8.42 Å². The Morgan fingerprint density at radius 2 is 1.81 bits per heavy atom. The maximum absolute atomic E-state index is 11.8. The fourth-order valence-corrected chi connectivity index (χ4v) is 4.49. The largest absolute Gasteiger partial charge is 0.334 e. The fourth-order valence-electron chi connectivity index (χ4n) is 3.94. The third-order valence-electron chi connectivity index (χ3n) is 5.13. The number of anilines is 1.